The number of nitrogens with two attached hydrogens (primary N) is 1. The van der Waals surface area contributed by atoms with Crippen LogP contribution < -0.4 is 5.73 Å². The van der Waals surface area contributed by atoms with Crippen molar-refractivity contribution in [1.29, 1.82) is 0 Å². The van der Waals surface area contributed by atoms with Gasteiger partial charge in [-0.3, -0.25) is 0 Å². The second-order valence-corrected chi connectivity index (χ2v) is 5.83. The average Bonchev–Trinajstić information content (AvgIpc) is 2.95. The molecule has 0 bridgehead atoms. The number of rotatable bonds is 7. The molecule has 0 aliphatic heterocycles. The molecule has 0 amide bonds. The summed E-state index contributed by atoms with van der Waals surface area (Å²) in [5.41, 5.74) is 8.57. The van der Waals surface area contributed by atoms with E-state index in [2.05, 4.69) is 47.5 Å². The van der Waals surface area contributed by atoms with Gasteiger partial charge in [-0.2, -0.15) is 0 Å². The molecule has 0 aliphatic rings. The zero-order valence-electron chi connectivity index (χ0n) is 13.2. The van der Waals surface area contributed by atoms with Crippen molar-refractivity contribution in [2.75, 3.05) is 13.6 Å². The maximum atomic E-state index is 6.37. The minimum atomic E-state index is -0.114. The van der Waals surface area contributed by atoms with E-state index in [-0.39, 0.29) is 6.04 Å². The van der Waals surface area contributed by atoms with E-state index in [4.69, 9.17) is 5.73 Å². The topological polar surface area (TPSA) is 47.1 Å². The van der Waals surface area contributed by atoms with Gasteiger partial charge in [0.05, 0.1) is 24.3 Å². The predicted octanol–water partition coefficient (Wildman–Crippen LogP) is 2.66. The van der Waals surface area contributed by atoms with E-state index in [1.54, 1.807) is 0 Å². The lowest BCUT2D eigenvalue weighted by Crippen LogP contribution is -2.28. The van der Waals surface area contributed by atoms with E-state index in [0.29, 0.717) is 6.04 Å². The molecule has 0 fully saturated rings. The molecule has 0 saturated carbocycles. The predicted molar refractivity (Wildman–Crippen MR) is 87.1 cm³/mol. The number of nitrogens with zero attached hydrogens (tertiary/aromatic N) is 3. The van der Waals surface area contributed by atoms with E-state index in [1.165, 1.54) is 0 Å². The Hall–Kier alpha value is -1.65. The number of aromatic nitrogens is 2. The fourth-order valence-corrected chi connectivity index (χ4v) is 2.36. The number of hydrogen-bond donors (Lipinski definition) is 1. The van der Waals surface area contributed by atoms with Crippen LogP contribution in [0.25, 0.3) is 0 Å². The van der Waals surface area contributed by atoms with E-state index in [0.717, 1.165) is 30.8 Å². The van der Waals surface area contributed by atoms with Gasteiger partial charge in [-0.25, -0.2) is 4.98 Å². The molecule has 1 atom stereocenters. The van der Waals surface area contributed by atoms with E-state index < -0.39 is 0 Å². The monoisotopic (exact) mass is 286 g/mol. The van der Waals surface area contributed by atoms with E-state index in [1.807, 2.05) is 30.7 Å². The fraction of sp³-hybridized carbons (Fsp3) is 0.471. The van der Waals surface area contributed by atoms with Crippen LogP contribution in [0.3, 0.4) is 0 Å². The van der Waals surface area contributed by atoms with Crippen LogP contribution in [-0.2, 0) is 6.54 Å². The van der Waals surface area contributed by atoms with Crippen LogP contribution in [-0.4, -0.2) is 34.1 Å². The summed E-state index contributed by atoms with van der Waals surface area (Å²) in [7, 11) is 2.16. The maximum absolute atomic E-state index is 6.37. The zero-order chi connectivity index (χ0) is 15.2. The first-order valence-electron chi connectivity index (χ1n) is 7.60. The van der Waals surface area contributed by atoms with Crippen molar-refractivity contribution in [3.05, 3.63) is 54.1 Å². The van der Waals surface area contributed by atoms with Gasteiger partial charge in [-0.15, -0.1) is 0 Å². The molecular formula is C17H26N4. The summed E-state index contributed by atoms with van der Waals surface area (Å²) < 4.78 is 2.17. The van der Waals surface area contributed by atoms with E-state index >= 15 is 0 Å². The van der Waals surface area contributed by atoms with Crippen LogP contribution in [0, 0.1) is 0 Å². The molecule has 1 aromatic heterocycles. The third kappa shape index (κ3) is 4.16. The largest absolute Gasteiger partial charge is 0.333 e. The third-order valence-corrected chi connectivity index (χ3v) is 4.01. The zero-order valence-corrected chi connectivity index (χ0v) is 13.2. The second-order valence-electron chi connectivity index (χ2n) is 5.83. The van der Waals surface area contributed by atoms with Gasteiger partial charge in [0, 0.05) is 12.6 Å². The lowest BCUT2D eigenvalue weighted by atomic mass is 10.1. The Morgan fingerprint density at radius 3 is 2.62 bits per heavy atom. The molecule has 4 heteroatoms. The number of imidazole rings is 1. The molecule has 1 unspecified atom stereocenters. The summed E-state index contributed by atoms with van der Waals surface area (Å²) in [6.07, 6.45) is 4.86. The lowest BCUT2D eigenvalue weighted by molar-refractivity contribution is 0.265. The first-order valence-corrected chi connectivity index (χ1v) is 7.60. The summed E-state index contributed by atoms with van der Waals surface area (Å²) in [6, 6.07) is 10.6. The second kappa shape index (κ2) is 7.38. The highest BCUT2D eigenvalue weighted by Gasteiger charge is 2.13. The molecule has 1 heterocycles. The van der Waals surface area contributed by atoms with Crippen molar-refractivity contribution in [1.82, 2.24) is 14.5 Å². The van der Waals surface area contributed by atoms with Crippen LogP contribution in [0.4, 0.5) is 0 Å². The molecule has 0 radical (unpaired) electrons. The molecule has 2 N–H and O–H groups in total. The normalized spacial score (nSPS) is 13.0. The lowest BCUT2D eigenvalue weighted by Gasteiger charge is -2.21. The Morgan fingerprint density at radius 1 is 1.24 bits per heavy atom. The summed E-state index contributed by atoms with van der Waals surface area (Å²) in [6.45, 7) is 6.46. The maximum Gasteiger partial charge on any atom is 0.0948 e. The van der Waals surface area contributed by atoms with Gasteiger partial charge in [0.1, 0.15) is 0 Å². The van der Waals surface area contributed by atoms with Crippen LogP contribution in [0.15, 0.2) is 42.9 Å². The molecular weight excluding hydrogens is 260 g/mol. The summed E-state index contributed by atoms with van der Waals surface area (Å²) in [5.74, 6) is 0. The highest BCUT2D eigenvalue weighted by Crippen LogP contribution is 2.19. The Balaban J connectivity index is 1.99. The van der Waals surface area contributed by atoms with Gasteiger partial charge in [-0.05, 0) is 39.4 Å². The van der Waals surface area contributed by atoms with Gasteiger partial charge < -0.3 is 15.2 Å². The minimum absolute atomic E-state index is 0.114. The molecule has 2 rings (SSSR count). The number of hydrogen-bond acceptors (Lipinski definition) is 3. The highest BCUT2D eigenvalue weighted by molar-refractivity contribution is 5.26. The quantitative estimate of drug-likeness (QED) is 0.851. The first-order chi connectivity index (χ1) is 10.1. The molecule has 0 saturated heterocycles. The Morgan fingerprint density at radius 2 is 1.95 bits per heavy atom. The summed E-state index contributed by atoms with van der Waals surface area (Å²) >= 11 is 0. The SMILES string of the molecule is CC(C)N(C)CCCn1cncc1C(N)c1ccccc1. The molecule has 0 spiro atoms. The van der Waals surface area contributed by atoms with Crippen molar-refractivity contribution < 1.29 is 0 Å². The Bertz CT molecular complexity index is 533. The highest BCUT2D eigenvalue weighted by atomic mass is 15.1. The van der Waals surface area contributed by atoms with Gasteiger partial charge in [0.2, 0.25) is 0 Å². The van der Waals surface area contributed by atoms with Crippen LogP contribution in [0.5, 0.6) is 0 Å². The van der Waals surface area contributed by atoms with Crippen molar-refractivity contribution in [3.63, 3.8) is 0 Å². The fourth-order valence-electron chi connectivity index (χ4n) is 2.36. The smallest absolute Gasteiger partial charge is 0.0948 e. The van der Waals surface area contributed by atoms with Crippen LogP contribution >= 0.6 is 0 Å². The molecule has 2 aromatic rings. The Kier molecular flexibility index (Phi) is 5.53. The summed E-state index contributed by atoms with van der Waals surface area (Å²) in [4.78, 5) is 6.63. The van der Waals surface area contributed by atoms with Crippen LogP contribution in [0.2, 0.25) is 0 Å². The van der Waals surface area contributed by atoms with Crippen molar-refractivity contribution in [3.8, 4) is 0 Å². The average molecular weight is 286 g/mol. The molecule has 4 nitrogen and oxygen atoms in total. The molecule has 21 heavy (non-hydrogen) atoms. The standard InChI is InChI=1S/C17H26N4/c1-14(2)20(3)10-7-11-21-13-19-12-16(21)17(18)15-8-5-4-6-9-15/h4-6,8-9,12-14,17H,7,10-11,18H2,1-3H3. The van der Waals surface area contributed by atoms with Gasteiger partial charge in [0.15, 0.2) is 0 Å². The third-order valence-electron chi connectivity index (χ3n) is 4.01. The molecule has 0 aliphatic carbocycles. The van der Waals surface area contributed by atoms with Crippen LogP contribution in [0.1, 0.15) is 37.6 Å². The first kappa shape index (κ1) is 15.7. The number of aryl methyl sites for hydroxylation is 1. The van der Waals surface area contributed by atoms with Crippen molar-refractivity contribution in [2.24, 2.45) is 5.73 Å². The van der Waals surface area contributed by atoms with E-state index in [9.17, 15) is 0 Å². The Labute approximate surface area is 127 Å². The summed E-state index contributed by atoms with van der Waals surface area (Å²) in [5, 5.41) is 0. The molecule has 1 aromatic carbocycles. The van der Waals surface area contributed by atoms with Crippen molar-refractivity contribution >= 4 is 0 Å². The van der Waals surface area contributed by atoms with Gasteiger partial charge >= 0.3 is 0 Å². The van der Waals surface area contributed by atoms with Gasteiger partial charge in [0.25, 0.3) is 0 Å². The van der Waals surface area contributed by atoms with Gasteiger partial charge in [-0.1, -0.05) is 30.3 Å². The number of benzene rings is 1. The van der Waals surface area contributed by atoms with Crippen molar-refractivity contribution in [2.45, 2.75) is 38.9 Å². The molecule has 114 valence electrons. The minimum Gasteiger partial charge on any atom is -0.333 e.